The fourth-order valence-electron chi connectivity index (χ4n) is 20.1. The molecule has 0 saturated heterocycles. The molecule has 0 radical (unpaired) electrons. The minimum Gasteiger partial charge on any atom is -0.456 e. The Morgan fingerprint density at radius 3 is 1.30 bits per heavy atom. The Bertz CT molecular complexity index is 7920. The minimum absolute atomic E-state index is 0.275. The van der Waals surface area contributed by atoms with Crippen molar-refractivity contribution in [3.8, 4) is 77.9 Å². The van der Waals surface area contributed by atoms with Crippen LogP contribution < -0.4 is 9.80 Å². The lowest BCUT2D eigenvalue weighted by Gasteiger charge is -2.33. The van der Waals surface area contributed by atoms with Crippen LogP contribution in [-0.4, -0.2) is 0 Å². The average Bonchev–Trinajstić information content (AvgIpc) is 1.55. The van der Waals surface area contributed by atoms with Gasteiger partial charge in [-0.05, 0) is 215 Å². The van der Waals surface area contributed by atoms with Gasteiger partial charge in [0, 0.05) is 96.6 Å². The lowest BCUT2D eigenvalue weighted by Crippen LogP contribution is -2.21. The van der Waals surface area contributed by atoms with Gasteiger partial charge in [-0.1, -0.05) is 276 Å². The molecule has 0 bridgehead atoms. The molecule has 18 aromatic carbocycles. The highest BCUT2D eigenvalue weighted by Crippen LogP contribution is 2.59. The van der Waals surface area contributed by atoms with E-state index in [4.69, 9.17) is 13.3 Å². The lowest BCUT2D eigenvalue weighted by molar-refractivity contribution is 0.660. The first-order chi connectivity index (χ1) is 57.0. The van der Waals surface area contributed by atoms with Crippen molar-refractivity contribution in [2.24, 2.45) is 0 Å². The average molecular weight is 1500 g/mol. The summed E-state index contributed by atoms with van der Waals surface area (Å²) in [4.78, 5) is 5.01. The normalized spacial score (nSPS) is 13.3. The zero-order valence-electron chi connectivity index (χ0n) is 64.2. The maximum atomic E-state index is 7.11. The molecule has 0 saturated carbocycles. The SMILES string of the molecule is CC1(C)c2ccccc2-c2cccc(N(c3ccc(-c4ccc5oc6cc(-c7ccc8c(ccc9c8oc8cccc(-c%10ccccc%10N(c%10ccc(-c%11cccc%12c%11sc%11ccccc%11%12)cc%10)c%10cccc%11c%10C(C)(C)c%10ccccc%10-%11)c89)c7)ccc6c5c4)cc3)c3ccccc3-c3cccc4oc5c6ccccc6ccc5c34)c21. The van der Waals surface area contributed by atoms with Crippen molar-refractivity contribution >= 4 is 153 Å². The van der Waals surface area contributed by atoms with Crippen molar-refractivity contribution in [2.45, 2.75) is 38.5 Å². The van der Waals surface area contributed by atoms with Crippen LogP contribution in [0.2, 0.25) is 0 Å². The number of anilines is 6. The summed E-state index contributed by atoms with van der Waals surface area (Å²) in [6, 6.07) is 134. The standard InChI is InChI=1S/C110H72N2O3S/c1-109(2)91-35-12-7-24-77(91)85-32-18-39-95(104(85)109)111(93-37-14-9-26-79(93)83-30-20-41-98-102(83)88-59-48-66-22-5-6-23-74(66)106(88)114-98)72-53-44-65(45-54-72)69-52-61-97-90(63-69)81-58-50-70(64-100(81)113-97)68-49-57-75-71(62-68)51-60-89-103-84(31-21-42-99(103)115-107(75)89)80-27-10-15-38-94(80)112(96-40-19-33-86-78-25-8-13-36-92(78)110(3,4)105(86)96)73-55-46-67(47-56-73)76-29-17-34-87-82-28-11-16-43-101(82)116-108(76)87/h5-64H,1-4H3. The van der Waals surface area contributed by atoms with Crippen LogP contribution in [0.3, 0.4) is 0 Å². The first-order valence-corrected chi connectivity index (χ1v) is 40.9. The molecule has 0 fully saturated rings. The van der Waals surface area contributed by atoms with E-state index in [-0.39, 0.29) is 10.8 Å². The maximum Gasteiger partial charge on any atom is 0.143 e. The molecule has 0 N–H and O–H groups in total. The van der Waals surface area contributed by atoms with Crippen molar-refractivity contribution in [1.82, 2.24) is 0 Å². The molecular weight excluding hydrogens is 1430 g/mol. The molecule has 22 aromatic rings. The first-order valence-electron chi connectivity index (χ1n) is 40.1. The van der Waals surface area contributed by atoms with Crippen LogP contribution in [0.5, 0.6) is 0 Å². The second-order valence-electron chi connectivity index (χ2n) is 32.4. The Labute approximate surface area is 674 Å². The molecule has 2 aliphatic rings. The third-order valence-corrected chi connectivity index (χ3v) is 26.7. The fraction of sp³-hybridized carbons (Fsp3) is 0.0545. The van der Waals surface area contributed by atoms with E-state index >= 15 is 0 Å². The van der Waals surface area contributed by atoms with E-state index in [1.54, 1.807) is 0 Å². The zero-order valence-corrected chi connectivity index (χ0v) is 65.0. The van der Waals surface area contributed by atoms with Crippen LogP contribution >= 0.6 is 11.3 Å². The molecule has 546 valence electrons. The number of para-hydroxylation sites is 2. The monoisotopic (exact) mass is 1500 g/mol. The molecule has 0 spiro atoms. The van der Waals surface area contributed by atoms with E-state index in [9.17, 15) is 0 Å². The lowest BCUT2D eigenvalue weighted by atomic mass is 9.81. The molecule has 0 unspecified atom stereocenters. The van der Waals surface area contributed by atoms with Crippen LogP contribution in [0.15, 0.2) is 377 Å². The van der Waals surface area contributed by atoms with E-state index in [0.717, 1.165) is 166 Å². The highest BCUT2D eigenvalue weighted by atomic mass is 32.1. The Morgan fingerprint density at radius 1 is 0.241 bits per heavy atom. The molecule has 4 aromatic heterocycles. The van der Waals surface area contributed by atoms with Crippen molar-refractivity contribution in [3.63, 3.8) is 0 Å². The number of benzene rings is 18. The van der Waals surface area contributed by atoms with Gasteiger partial charge in [0.05, 0.1) is 22.7 Å². The number of hydrogen-bond donors (Lipinski definition) is 0. The predicted molar refractivity (Wildman–Crippen MR) is 488 cm³/mol. The maximum absolute atomic E-state index is 7.11. The van der Waals surface area contributed by atoms with Crippen molar-refractivity contribution in [3.05, 3.63) is 386 Å². The van der Waals surface area contributed by atoms with Crippen LogP contribution in [-0.2, 0) is 10.8 Å². The summed E-state index contributed by atoms with van der Waals surface area (Å²) in [7, 11) is 0. The van der Waals surface area contributed by atoms with E-state index in [2.05, 4.69) is 401 Å². The van der Waals surface area contributed by atoms with Crippen molar-refractivity contribution in [1.29, 1.82) is 0 Å². The molecule has 5 nitrogen and oxygen atoms in total. The summed E-state index contributed by atoms with van der Waals surface area (Å²) >= 11 is 1.87. The summed E-state index contributed by atoms with van der Waals surface area (Å²) in [6.07, 6.45) is 0. The summed E-state index contributed by atoms with van der Waals surface area (Å²) in [5.41, 5.74) is 32.9. The zero-order chi connectivity index (χ0) is 76.8. The molecule has 116 heavy (non-hydrogen) atoms. The molecule has 24 rings (SSSR count). The van der Waals surface area contributed by atoms with Gasteiger partial charge in [0.15, 0.2) is 0 Å². The molecule has 2 aliphatic carbocycles. The first kappa shape index (κ1) is 66.3. The van der Waals surface area contributed by atoms with Gasteiger partial charge in [0.25, 0.3) is 0 Å². The van der Waals surface area contributed by atoms with E-state index < -0.39 is 0 Å². The largest absolute Gasteiger partial charge is 0.456 e. The molecule has 0 aliphatic heterocycles. The fourth-order valence-corrected chi connectivity index (χ4v) is 21.4. The Kier molecular flexibility index (Phi) is 14.4. The topological polar surface area (TPSA) is 45.9 Å². The van der Waals surface area contributed by atoms with Gasteiger partial charge in [-0.25, -0.2) is 0 Å². The Balaban J connectivity index is 0.571. The highest BCUT2D eigenvalue weighted by Gasteiger charge is 2.41. The van der Waals surface area contributed by atoms with Gasteiger partial charge >= 0.3 is 0 Å². The summed E-state index contributed by atoms with van der Waals surface area (Å²) in [5.74, 6) is 0. The van der Waals surface area contributed by atoms with E-state index in [1.807, 2.05) is 11.3 Å². The second-order valence-corrected chi connectivity index (χ2v) is 33.5. The predicted octanol–water partition coefficient (Wildman–Crippen LogP) is 31.9. The second kappa shape index (κ2) is 25.1. The summed E-state index contributed by atoms with van der Waals surface area (Å²) < 4.78 is 23.3. The minimum atomic E-state index is -0.278. The van der Waals surface area contributed by atoms with Crippen LogP contribution in [0.25, 0.3) is 185 Å². The van der Waals surface area contributed by atoms with Gasteiger partial charge < -0.3 is 23.1 Å². The molecule has 4 heterocycles. The van der Waals surface area contributed by atoms with Gasteiger partial charge in [-0.3, -0.25) is 0 Å². The highest BCUT2D eigenvalue weighted by molar-refractivity contribution is 7.26. The number of nitrogens with zero attached hydrogens (tertiary/aromatic N) is 2. The molecule has 0 atom stereocenters. The van der Waals surface area contributed by atoms with Gasteiger partial charge in [0.1, 0.15) is 33.5 Å². The smallest absolute Gasteiger partial charge is 0.143 e. The van der Waals surface area contributed by atoms with Crippen LogP contribution in [0.1, 0.15) is 49.9 Å². The van der Waals surface area contributed by atoms with Gasteiger partial charge in [0.2, 0.25) is 0 Å². The van der Waals surface area contributed by atoms with Gasteiger partial charge in [-0.2, -0.15) is 0 Å². The third-order valence-electron chi connectivity index (χ3n) is 25.4. The van der Waals surface area contributed by atoms with Crippen molar-refractivity contribution in [2.75, 3.05) is 9.80 Å². The quantitative estimate of drug-likeness (QED) is 0.129. The Morgan fingerprint density at radius 2 is 0.672 bits per heavy atom. The molecule has 0 amide bonds. The molecule has 6 heteroatoms. The van der Waals surface area contributed by atoms with Crippen LogP contribution in [0.4, 0.5) is 34.1 Å². The number of fused-ring (bicyclic) bond motifs is 22. The van der Waals surface area contributed by atoms with E-state index in [1.165, 1.54) is 75.8 Å². The number of furan rings is 3. The summed E-state index contributed by atoms with van der Waals surface area (Å²) in [6.45, 7) is 9.53. The number of thiophene rings is 1. The number of rotatable bonds is 11. The van der Waals surface area contributed by atoms with Crippen LogP contribution in [0, 0.1) is 0 Å². The van der Waals surface area contributed by atoms with Gasteiger partial charge in [-0.15, -0.1) is 11.3 Å². The van der Waals surface area contributed by atoms with E-state index in [0.29, 0.717) is 0 Å². The molecular formula is C110H72N2O3S. The number of hydrogen-bond acceptors (Lipinski definition) is 6. The van der Waals surface area contributed by atoms with Crippen molar-refractivity contribution < 1.29 is 13.3 Å². The summed E-state index contributed by atoms with van der Waals surface area (Å²) in [5, 5.41) is 13.5. The Hall–Kier alpha value is -14.3. The third kappa shape index (κ3) is 9.81.